The first-order chi connectivity index (χ1) is 9.10. The van der Waals surface area contributed by atoms with E-state index in [0.29, 0.717) is 17.9 Å². The van der Waals surface area contributed by atoms with Crippen molar-refractivity contribution in [1.29, 1.82) is 0 Å². The summed E-state index contributed by atoms with van der Waals surface area (Å²) in [6.07, 6.45) is 2.34. The maximum Gasteiger partial charge on any atom is 0.165 e. The molecule has 0 bridgehead atoms. The molecule has 0 aromatic heterocycles. The molecule has 3 atom stereocenters. The number of hydrogen-bond acceptors (Lipinski definition) is 3. The van der Waals surface area contributed by atoms with Crippen LogP contribution in [0, 0.1) is 5.82 Å². The summed E-state index contributed by atoms with van der Waals surface area (Å²) in [5, 5.41) is 3.58. The van der Waals surface area contributed by atoms with E-state index in [1.807, 2.05) is 0 Å². The summed E-state index contributed by atoms with van der Waals surface area (Å²) in [6.45, 7) is 4.99. The molecule has 1 aliphatic heterocycles. The number of halogens is 1. The highest BCUT2D eigenvalue weighted by Gasteiger charge is 2.21. The van der Waals surface area contributed by atoms with E-state index in [1.54, 1.807) is 12.1 Å². The van der Waals surface area contributed by atoms with E-state index in [0.717, 1.165) is 25.0 Å². The molecule has 19 heavy (non-hydrogen) atoms. The van der Waals surface area contributed by atoms with Crippen molar-refractivity contribution in [1.82, 2.24) is 5.32 Å². The second-order valence-corrected chi connectivity index (χ2v) is 5.19. The molecule has 1 fully saturated rings. The standard InChI is InChI=1S/C15H22FNO2/c1-10-8-13(6-7-19-10)17-11(2)12-4-5-14(16)15(9-12)18-3/h4-5,9-11,13,17H,6-8H2,1-3H3. The third-order valence-electron chi connectivity index (χ3n) is 3.65. The van der Waals surface area contributed by atoms with Gasteiger partial charge in [0.1, 0.15) is 0 Å². The SMILES string of the molecule is COc1cc(C(C)NC2CCOC(C)C2)ccc1F. The van der Waals surface area contributed by atoms with Gasteiger partial charge in [-0.25, -0.2) is 4.39 Å². The lowest BCUT2D eigenvalue weighted by Crippen LogP contribution is -2.39. The molecule has 1 saturated heterocycles. The van der Waals surface area contributed by atoms with E-state index < -0.39 is 0 Å². The molecule has 1 N–H and O–H groups in total. The summed E-state index contributed by atoms with van der Waals surface area (Å²) in [6, 6.07) is 5.65. The zero-order chi connectivity index (χ0) is 13.8. The van der Waals surface area contributed by atoms with Gasteiger partial charge in [0.05, 0.1) is 13.2 Å². The predicted molar refractivity (Wildman–Crippen MR) is 72.9 cm³/mol. The number of methoxy groups -OCH3 is 1. The number of rotatable bonds is 4. The van der Waals surface area contributed by atoms with Gasteiger partial charge in [-0.1, -0.05) is 6.07 Å². The Morgan fingerprint density at radius 2 is 2.26 bits per heavy atom. The van der Waals surface area contributed by atoms with Crippen LogP contribution >= 0.6 is 0 Å². The molecular weight excluding hydrogens is 245 g/mol. The van der Waals surface area contributed by atoms with Crippen molar-refractivity contribution in [3.05, 3.63) is 29.6 Å². The van der Waals surface area contributed by atoms with Gasteiger partial charge in [0, 0.05) is 18.7 Å². The zero-order valence-corrected chi connectivity index (χ0v) is 11.8. The van der Waals surface area contributed by atoms with E-state index in [1.165, 1.54) is 13.2 Å². The third kappa shape index (κ3) is 3.67. The number of hydrogen-bond donors (Lipinski definition) is 1. The maximum absolute atomic E-state index is 13.4. The van der Waals surface area contributed by atoms with E-state index in [4.69, 9.17) is 9.47 Å². The first-order valence-electron chi connectivity index (χ1n) is 6.81. The normalized spacial score (nSPS) is 25.1. The lowest BCUT2D eigenvalue weighted by molar-refractivity contribution is 0.0116. The fourth-order valence-corrected chi connectivity index (χ4v) is 2.54. The minimum absolute atomic E-state index is 0.171. The van der Waals surface area contributed by atoms with Gasteiger partial charge >= 0.3 is 0 Å². The molecule has 0 amide bonds. The molecule has 0 saturated carbocycles. The summed E-state index contributed by atoms with van der Waals surface area (Å²) < 4.78 is 23.9. The first kappa shape index (κ1) is 14.3. The molecular formula is C15H22FNO2. The quantitative estimate of drug-likeness (QED) is 0.909. The van der Waals surface area contributed by atoms with Crippen molar-refractivity contribution in [2.45, 2.75) is 44.9 Å². The molecule has 0 aliphatic carbocycles. The summed E-state index contributed by atoms with van der Waals surface area (Å²) in [5.41, 5.74) is 1.04. The van der Waals surface area contributed by atoms with Crippen molar-refractivity contribution >= 4 is 0 Å². The smallest absolute Gasteiger partial charge is 0.165 e. The molecule has 3 nitrogen and oxygen atoms in total. The summed E-state index contributed by atoms with van der Waals surface area (Å²) >= 11 is 0. The largest absolute Gasteiger partial charge is 0.494 e. The van der Waals surface area contributed by atoms with E-state index in [9.17, 15) is 4.39 Å². The van der Waals surface area contributed by atoms with Crippen LogP contribution in [0.15, 0.2) is 18.2 Å². The molecule has 4 heteroatoms. The monoisotopic (exact) mass is 267 g/mol. The summed E-state index contributed by atoms with van der Waals surface area (Å²) in [5.74, 6) is -0.0235. The highest BCUT2D eigenvalue weighted by Crippen LogP contribution is 2.24. The molecule has 2 rings (SSSR count). The van der Waals surface area contributed by atoms with Gasteiger partial charge in [0.2, 0.25) is 0 Å². The topological polar surface area (TPSA) is 30.5 Å². The van der Waals surface area contributed by atoms with Crippen LogP contribution in [0.1, 0.15) is 38.3 Å². The number of nitrogens with one attached hydrogen (secondary N) is 1. The average Bonchev–Trinajstić information content (AvgIpc) is 2.39. The lowest BCUT2D eigenvalue weighted by Gasteiger charge is -2.30. The molecule has 1 aliphatic rings. The molecule has 106 valence electrons. The Hall–Kier alpha value is -1.13. The molecule has 1 aromatic rings. The Labute approximate surface area is 114 Å². The Bertz CT molecular complexity index is 425. The van der Waals surface area contributed by atoms with Crippen molar-refractivity contribution in [2.75, 3.05) is 13.7 Å². The summed E-state index contributed by atoms with van der Waals surface area (Å²) in [7, 11) is 1.49. The van der Waals surface area contributed by atoms with Gasteiger partial charge in [-0.15, -0.1) is 0 Å². The molecule has 1 heterocycles. The predicted octanol–water partition coefficient (Wildman–Crippen LogP) is 3.05. The highest BCUT2D eigenvalue weighted by atomic mass is 19.1. The van der Waals surface area contributed by atoms with Crippen LogP contribution in [0.5, 0.6) is 5.75 Å². The van der Waals surface area contributed by atoms with Crippen LogP contribution in [0.2, 0.25) is 0 Å². The molecule has 1 aromatic carbocycles. The van der Waals surface area contributed by atoms with E-state index in [-0.39, 0.29) is 11.9 Å². The second kappa shape index (κ2) is 6.35. The molecule has 0 spiro atoms. The van der Waals surface area contributed by atoms with Gasteiger partial charge in [-0.2, -0.15) is 0 Å². The third-order valence-corrected chi connectivity index (χ3v) is 3.65. The van der Waals surface area contributed by atoms with Crippen molar-refractivity contribution in [2.24, 2.45) is 0 Å². The minimum Gasteiger partial charge on any atom is -0.494 e. The Morgan fingerprint density at radius 3 is 2.95 bits per heavy atom. The van der Waals surface area contributed by atoms with Gasteiger partial charge in [-0.05, 0) is 44.4 Å². The van der Waals surface area contributed by atoms with Gasteiger partial charge in [0.15, 0.2) is 11.6 Å². The molecule has 0 radical (unpaired) electrons. The summed E-state index contributed by atoms with van der Waals surface area (Å²) in [4.78, 5) is 0. The van der Waals surface area contributed by atoms with Gasteiger partial charge in [-0.3, -0.25) is 0 Å². The first-order valence-corrected chi connectivity index (χ1v) is 6.81. The van der Waals surface area contributed by atoms with Crippen LogP contribution in [-0.2, 0) is 4.74 Å². The van der Waals surface area contributed by atoms with Crippen molar-refractivity contribution in [3.63, 3.8) is 0 Å². The van der Waals surface area contributed by atoms with Crippen LogP contribution < -0.4 is 10.1 Å². The Morgan fingerprint density at radius 1 is 1.47 bits per heavy atom. The van der Waals surface area contributed by atoms with E-state index in [2.05, 4.69) is 19.2 Å². The fourth-order valence-electron chi connectivity index (χ4n) is 2.54. The maximum atomic E-state index is 13.4. The van der Waals surface area contributed by atoms with Gasteiger partial charge < -0.3 is 14.8 Å². The Kier molecular flexibility index (Phi) is 4.77. The number of benzene rings is 1. The fraction of sp³-hybridized carbons (Fsp3) is 0.600. The van der Waals surface area contributed by atoms with E-state index >= 15 is 0 Å². The Balaban J connectivity index is 2.01. The van der Waals surface area contributed by atoms with Crippen LogP contribution in [0.3, 0.4) is 0 Å². The van der Waals surface area contributed by atoms with Crippen molar-refractivity contribution < 1.29 is 13.9 Å². The molecule has 3 unspecified atom stereocenters. The highest BCUT2D eigenvalue weighted by molar-refractivity contribution is 5.32. The zero-order valence-electron chi connectivity index (χ0n) is 11.8. The van der Waals surface area contributed by atoms with Gasteiger partial charge in [0.25, 0.3) is 0 Å². The van der Waals surface area contributed by atoms with Crippen LogP contribution in [0.25, 0.3) is 0 Å². The van der Waals surface area contributed by atoms with Crippen LogP contribution in [0.4, 0.5) is 4.39 Å². The van der Waals surface area contributed by atoms with Crippen molar-refractivity contribution in [3.8, 4) is 5.75 Å². The minimum atomic E-state index is -0.321. The number of ether oxygens (including phenoxy) is 2. The van der Waals surface area contributed by atoms with Crippen LogP contribution in [-0.4, -0.2) is 25.9 Å². The average molecular weight is 267 g/mol. The lowest BCUT2D eigenvalue weighted by atomic mass is 10.0. The second-order valence-electron chi connectivity index (χ2n) is 5.19.